The van der Waals surface area contributed by atoms with Gasteiger partial charge in [-0.1, -0.05) is 6.07 Å². The molecule has 0 aliphatic rings. The number of hydrogen-bond donors (Lipinski definition) is 3. The number of aliphatic hydroxyl groups is 1. The zero-order valence-electron chi connectivity index (χ0n) is 9.67. The largest absolute Gasteiger partial charge is 0.398 e. The van der Waals surface area contributed by atoms with Crippen LogP contribution in [0.2, 0.25) is 0 Å². The summed E-state index contributed by atoms with van der Waals surface area (Å²) in [5.41, 5.74) is 8.59. The minimum absolute atomic E-state index is 0.118. The van der Waals surface area contributed by atoms with Gasteiger partial charge in [0.25, 0.3) is 0 Å². The average molecular weight is 208 g/mol. The lowest BCUT2D eigenvalue weighted by atomic mass is 10.00. The van der Waals surface area contributed by atoms with E-state index >= 15 is 0 Å². The van der Waals surface area contributed by atoms with Crippen LogP contribution in [0.25, 0.3) is 0 Å². The Bertz CT molecular complexity index is 334. The molecule has 0 aromatic heterocycles. The summed E-state index contributed by atoms with van der Waals surface area (Å²) in [6, 6.07) is 5.82. The quantitative estimate of drug-likeness (QED) is 0.664. The lowest BCUT2D eigenvalue weighted by Crippen LogP contribution is -2.32. The van der Waals surface area contributed by atoms with E-state index in [0.29, 0.717) is 6.42 Å². The summed E-state index contributed by atoms with van der Waals surface area (Å²) >= 11 is 0. The topological polar surface area (TPSA) is 58.3 Å². The third-order valence-corrected chi connectivity index (χ3v) is 2.59. The molecule has 4 N–H and O–H groups in total. The number of nitrogens with one attached hydrogen (secondary N) is 1. The van der Waals surface area contributed by atoms with E-state index in [1.54, 1.807) is 0 Å². The van der Waals surface area contributed by atoms with Gasteiger partial charge in [0.05, 0.1) is 0 Å². The molecule has 0 spiro atoms. The van der Waals surface area contributed by atoms with Gasteiger partial charge in [-0.25, -0.2) is 0 Å². The minimum Gasteiger partial charge on any atom is -0.398 e. The second-order valence-corrected chi connectivity index (χ2v) is 4.50. The van der Waals surface area contributed by atoms with E-state index in [1.807, 2.05) is 25.1 Å². The van der Waals surface area contributed by atoms with Crippen LogP contribution < -0.4 is 11.1 Å². The van der Waals surface area contributed by atoms with Gasteiger partial charge < -0.3 is 16.2 Å². The van der Waals surface area contributed by atoms with Crippen LogP contribution in [0.4, 0.5) is 11.4 Å². The summed E-state index contributed by atoms with van der Waals surface area (Å²) in [5, 5.41) is 12.3. The SMILES string of the molecule is Cc1c(N)cccc1NC(C)(C)CCO. The first-order chi connectivity index (χ1) is 6.96. The summed E-state index contributed by atoms with van der Waals surface area (Å²) in [7, 11) is 0. The van der Waals surface area contributed by atoms with Crippen molar-refractivity contribution in [3.05, 3.63) is 23.8 Å². The zero-order valence-corrected chi connectivity index (χ0v) is 9.67. The van der Waals surface area contributed by atoms with Gasteiger partial charge in [0.15, 0.2) is 0 Å². The van der Waals surface area contributed by atoms with Gasteiger partial charge >= 0.3 is 0 Å². The molecule has 1 aromatic rings. The average Bonchev–Trinajstić information content (AvgIpc) is 2.12. The van der Waals surface area contributed by atoms with E-state index in [9.17, 15) is 0 Å². The predicted molar refractivity (Wildman–Crippen MR) is 65.0 cm³/mol. The van der Waals surface area contributed by atoms with Gasteiger partial charge in [0.1, 0.15) is 0 Å². The summed E-state index contributed by atoms with van der Waals surface area (Å²) in [5.74, 6) is 0. The van der Waals surface area contributed by atoms with Crippen LogP contribution in [0.15, 0.2) is 18.2 Å². The summed E-state index contributed by atoms with van der Waals surface area (Å²) in [6.07, 6.45) is 0.710. The highest BCUT2D eigenvalue weighted by Crippen LogP contribution is 2.24. The number of aliphatic hydroxyl groups excluding tert-OH is 1. The van der Waals surface area contributed by atoms with E-state index in [0.717, 1.165) is 16.9 Å². The standard InChI is InChI=1S/C12H20N2O/c1-9-10(13)5-4-6-11(9)14-12(2,3)7-8-15/h4-6,14-15H,7-8,13H2,1-3H3. The molecular formula is C12H20N2O. The van der Waals surface area contributed by atoms with Gasteiger partial charge in [-0.05, 0) is 44.9 Å². The molecule has 0 saturated carbocycles. The Balaban J connectivity index is 2.85. The Morgan fingerprint density at radius 3 is 2.67 bits per heavy atom. The second kappa shape index (κ2) is 4.53. The fraction of sp³-hybridized carbons (Fsp3) is 0.500. The number of nitrogen functional groups attached to an aromatic ring is 1. The molecule has 0 saturated heterocycles. The van der Waals surface area contributed by atoms with Crippen molar-refractivity contribution < 1.29 is 5.11 Å². The fourth-order valence-electron chi connectivity index (χ4n) is 1.50. The van der Waals surface area contributed by atoms with Crippen molar-refractivity contribution >= 4 is 11.4 Å². The second-order valence-electron chi connectivity index (χ2n) is 4.50. The highest BCUT2D eigenvalue weighted by atomic mass is 16.3. The van der Waals surface area contributed by atoms with Crippen LogP contribution in [-0.2, 0) is 0 Å². The molecule has 3 heteroatoms. The highest BCUT2D eigenvalue weighted by molar-refractivity contribution is 5.63. The molecule has 0 amide bonds. The first kappa shape index (κ1) is 11.9. The first-order valence-corrected chi connectivity index (χ1v) is 5.20. The lowest BCUT2D eigenvalue weighted by Gasteiger charge is -2.28. The minimum atomic E-state index is -0.118. The number of hydrogen-bond acceptors (Lipinski definition) is 3. The summed E-state index contributed by atoms with van der Waals surface area (Å²) < 4.78 is 0. The van der Waals surface area contributed by atoms with Crippen LogP contribution >= 0.6 is 0 Å². The van der Waals surface area contributed by atoms with Crippen LogP contribution in [0, 0.1) is 6.92 Å². The molecule has 0 radical (unpaired) electrons. The molecule has 0 unspecified atom stereocenters. The molecule has 0 aliphatic carbocycles. The molecule has 0 bridgehead atoms. The zero-order chi connectivity index (χ0) is 11.5. The monoisotopic (exact) mass is 208 g/mol. The number of benzene rings is 1. The number of nitrogens with two attached hydrogens (primary N) is 1. The van der Waals surface area contributed by atoms with Gasteiger partial charge in [-0.2, -0.15) is 0 Å². The van der Waals surface area contributed by atoms with Crippen molar-refractivity contribution in [2.75, 3.05) is 17.7 Å². The Hall–Kier alpha value is -1.22. The van der Waals surface area contributed by atoms with Crippen molar-refractivity contribution in [2.45, 2.75) is 32.7 Å². The number of anilines is 2. The molecule has 1 aromatic carbocycles. The maximum absolute atomic E-state index is 8.94. The van der Waals surface area contributed by atoms with Gasteiger partial charge in [0, 0.05) is 23.5 Å². The summed E-state index contributed by atoms with van der Waals surface area (Å²) in [4.78, 5) is 0. The van der Waals surface area contributed by atoms with Crippen LogP contribution in [-0.4, -0.2) is 17.3 Å². The maximum atomic E-state index is 8.94. The normalized spacial score (nSPS) is 11.5. The maximum Gasteiger partial charge on any atom is 0.0453 e. The van der Waals surface area contributed by atoms with E-state index in [4.69, 9.17) is 10.8 Å². The Morgan fingerprint density at radius 1 is 1.40 bits per heavy atom. The molecule has 84 valence electrons. The van der Waals surface area contributed by atoms with Crippen molar-refractivity contribution in [3.8, 4) is 0 Å². The van der Waals surface area contributed by atoms with Crippen molar-refractivity contribution in [3.63, 3.8) is 0 Å². The smallest absolute Gasteiger partial charge is 0.0453 e. The van der Waals surface area contributed by atoms with Crippen molar-refractivity contribution in [1.29, 1.82) is 0 Å². The molecule has 0 heterocycles. The van der Waals surface area contributed by atoms with E-state index in [-0.39, 0.29) is 12.1 Å². The molecular weight excluding hydrogens is 188 g/mol. The van der Waals surface area contributed by atoms with Gasteiger partial charge in [-0.15, -0.1) is 0 Å². The molecule has 0 atom stereocenters. The van der Waals surface area contributed by atoms with Gasteiger partial charge in [-0.3, -0.25) is 0 Å². The van der Waals surface area contributed by atoms with E-state index < -0.39 is 0 Å². The van der Waals surface area contributed by atoms with E-state index in [2.05, 4.69) is 19.2 Å². The molecule has 1 rings (SSSR count). The molecule has 15 heavy (non-hydrogen) atoms. The summed E-state index contributed by atoms with van der Waals surface area (Å²) in [6.45, 7) is 6.30. The Kier molecular flexibility index (Phi) is 3.58. The fourth-order valence-corrected chi connectivity index (χ4v) is 1.50. The predicted octanol–water partition coefficient (Wildman–Crippen LogP) is 2.15. The number of rotatable bonds is 4. The molecule has 0 aliphatic heterocycles. The Morgan fingerprint density at radius 2 is 2.07 bits per heavy atom. The van der Waals surface area contributed by atoms with E-state index in [1.165, 1.54) is 0 Å². The molecule has 3 nitrogen and oxygen atoms in total. The third-order valence-electron chi connectivity index (χ3n) is 2.59. The van der Waals surface area contributed by atoms with Crippen molar-refractivity contribution in [2.24, 2.45) is 0 Å². The highest BCUT2D eigenvalue weighted by Gasteiger charge is 2.17. The van der Waals surface area contributed by atoms with Crippen LogP contribution in [0.3, 0.4) is 0 Å². The van der Waals surface area contributed by atoms with Crippen molar-refractivity contribution in [1.82, 2.24) is 0 Å². The Labute approximate surface area is 91.3 Å². The third kappa shape index (κ3) is 3.13. The van der Waals surface area contributed by atoms with Crippen LogP contribution in [0.1, 0.15) is 25.8 Å². The van der Waals surface area contributed by atoms with Gasteiger partial charge in [0.2, 0.25) is 0 Å². The first-order valence-electron chi connectivity index (χ1n) is 5.20. The lowest BCUT2D eigenvalue weighted by molar-refractivity contribution is 0.261. The molecule has 0 fully saturated rings. The van der Waals surface area contributed by atoms with Crippen LogP contribution in [0.5, 0.6) is 0 Å².